The molecule has 2 rings (SSSR count). The molecular formula is C24H30Cl3N3O4S. The van der Waals surface area contributed by atoms with Gasteiger partial charge in [0.1, 0.15) is 12.6 Å². The molecule has 0 bridgehead atoms. The third kappa shape index (κ3) is 8.27. The van der Waals surface area contributed by atoms with Crippen molar-refractivity contribution in [3.8, 4) is 0 Å². The van der Waals surface area contributed by atoms with E-state index in [0.29, 0.717) is 17.0 Å². The highest BCUT2D eigenvalue weighted by molar-refractivity contribution is 7.92. The fraction of sp³-hybridized carbons (Fsp3) is 0.417. The molecule has 0 aliphatic rings. The Kier molecular flexibility index (Phi) is 10.7. The van der Waals surface area contributed by atoms with E-state index in [1.54, 1.807) is 31.2 Å². The Morgan fingerprint density at radius 2 is 1.60 bits per heavy atom. The summed E-state index contributed by atoms with van der Waals surface area (Å²) in [5, 5.41) is 3.79. The molecule has 2 amide bonds. The van der Waals surface area contributed by atoms with Gasteiger partial charge < -0.3 is 10.2 Å². The van der Waals surface area contributed by atoms with Gasteiger partial charge >= 0.3 is 0 Å². The first-order valence-corrected chi connectivity index (χ1v) is 14.1. The first-order valence-electron chi connectivity index (χ1n) is 11.1. The van der Waals surface area contributed by atoms with Gasteiger partial charge in [-0.25, -0.2) is 8.42 Å². The van der Waals surface area contributed by atoms with Crippen LogP contribution in [0.25, 0.3) is 0 Å². The van der Waals surface area contributed by atoms with Gasteiger partial charge in [0, 0.05) is 27.7 Å². The van der Waals surface area contributed by atoms with Gasteiger partial charge in [-0.05, 0) is 49.6 Å². The molecule has 0 fully saturated rings. The maximum Gasteiger partial charge on any atom is 0.244 e. The Hall–Kier alpha value is -2.00. The second-order valence-corrected chi connectivity index (χ2v) is 11.4. The van der Waals surface area contributed by atoms with Crippen molar-refractivity contribution in [2.24, 2.45) is 0 Å². The Balaban J connectivity index is 2.49. The van der Waals surface area contributed by atoms with Crippen LogP contribution in [-0.2, 0) is 26.2 Å². The predicted octanol–water partition coefficient (Wildman–Crippen LogP) is 5.13. The molecule has 0 radical (unpaired) electrons. The number of halogens is 3. The van der Waals surface area contributed by atoms with Gasteiger partial charge in [-0.3, -0.25) is 13.9 Å². The molecular weight excluding hydrogens is 533 g/mol. The van der Waals surface area contributed by atoms with Gasteiger partial charge in [0.25, 0.3) is 0 Å². The smallest absolute Gasteiger partial charge is 0.244 e. The molecule has 0 heterocycles. The normalized spacial score (nSPS) is 13.1. The van der Waals surface area contributed by atoms with E-state index in [-0.39, 0.29) is 34.2 Å². The number of nitrogens with one attached hydrogen (secondary N) is 1. The molecule has 7 nitrogen and oxygen atoms in total. The second-order valence-electron chi connectivity index (χ2n) is 8.25. The predicted molar refractivity (Wildman–Crippen MR) is 143 cm³/mol. The lowest BCUT2D eigenvalue weighted by atomic mass is 10.1. The number of carbonyl (C=O) groups excluding carboxylic acids is 2. The maximum atomic E-state index is 13.7. The molecule has 2 atom stereocenters. The highest BCUT2D eigenvalue weighted by Gasteiger charge is 2.32. The summed E-state index contributed by atoms with van der Waals surface area (Å²) in [7, 11) is -3.89. The topological polar surface area (TPSA) is 86.8 Å². The van der Waals surface area contributed by atoms with Crippen molar-refractivity contribution in [3.63, 3.8) is 0 Å². The zero-order chi connectivity index (χ0) is 26.3. The number of carbonyl (C=O) groups is 2. The first kappa shape index (κ1) is 29.2. The van der Waals surface area contributed by atoms with Crippen molar-refractivity contribution in [2.45, 2.75) is 52.2 Å². The monoisotopic (exact) mass is 561 g/mol. The van der Waals surface area contributed by atoms with Gasteiger partial charge in [-0.15, -0.1) is 0 Å². The van der Waals surface area contributed by atoms with Gasteiger partial charge in [-0.2, -0.15) is 0 Å². The fourth-order valence-electron chi connectivity index (χ4n) is 3.47. The number of sulfonamides is 1. The summed E-state index contributed by atoms with van der Waals surface area (Å²) in [5.41, 5.74) is 0.780. The van der Waals surface area contributed by atoms with E-state index in [1.807, 2.05) is 13.8 Å². The highest BCUT2D eigenvalue weighted by atomic mass is 35.5. The summed E-state index contributed by atoms with van der Waals surface area (Å²) in [4.78, 5) is 28.1. The van der Waals surface area contributed by atoms with Crippen molar-refractivity contribution in [3.05, 3.63) is 63.1 Å². The minimum Gasteiger partial charge on any atom is -0.352 e. The van der Waals surface area contributed by atoms with Gasteiger partial charge in [0.2, 0.25) is 21.8 Å². The molecule has 2 aromatic carbocycles. The Labute approximate surface area is 222 Å². The van der Waals surface area contributed by atoms with E-state index < -0.39 is 28.5 Å². The van der Waals surface area contributed by atoms with E-state index in [0.717, 1.165) is 17.0 Å². The first-order chi connectivity index (χ1) is 16.4. The molecule has 0 aromatic heterocycles. The van der Waals surface area contributed by atoms with Crippen molar-refractivity contribution in [1.29, 1.82) is 0 Å². The average Bonchev–Trinajstić information content (AvgIpc) is 2.76. The number of nitrogens with zero attached hydrogens (tertiary/aromatic N) is 2. The molecule has 192 valence electrons. The van der Waals surface area contributed by atoms with Crippen LogP contribution in [0.1, 0.15) is 39.2 Å². The van der Waals surface area contributed by atoms with Crippen LogP contribution >= 0.6 is 34.8 Å². The average molecular weight is 563 g/mol. The molecule has 0 saturated heterocycles. The van der Waals surface area contributed by atoms with E-state index in [2.05, 4.69) is 5.32 Å². The molecule has 35 heavy (non-hydrogen) atoms. The molecule has 2 aromatic rings. The zero-order valence-electron chi connectivity index (χ0n) is 20.1. The lowest BCUT2D eigenvalue weighted by molar-refractivity contribution is -0.140. The minimum atomic E-state index is -3.89. The molecule has 0 aliphatic carbocycles. The number of anilines is 1. The Morgan fingerprint density at radius 3 is 2.11 bits per heavy atom. The summed E-state index contributed by atoms with van der Waals surface area (Å²) >= 11 is 18.5. The van der Waals surface area contributed by atoms with Gasteiger partial charge in [0.15, 0.2) is 0 Å². The third-order valence-electron chi connectivity index (χ3n) is 5.50. The number of hydrogen-bond donors (Lipinski definition) is 1. The van der Waals surface area contributed by atoms with Crippen LogP contribution in [-0.4, -0.2) is 50.0 Å². The maximum absolute atomic E-state index is 13.7. The van der Waals surface area contributed by atoms with E-state index in [1.165, 1.54) is 23.1 Å². The number of benzene rings is 2. The minimum absolute atomic E-state index is 0.0266. The number of amides is 2. The zero-order valence-corrected chi connectivity index (χ0v) is 23.2. The quantitative estimate of drug-likeness (QED) is 0.411. The van der Waals surface area contributed by atoms with Crippen LogP contribution < -0.4 is 9.62 Å². The summed E-state index contributed by atoms with van der Waals surface area (Å²) in [6.45, 7) is 5.09. The molecule has 0 unspecified atom stereocenters. The molecule has 1 N–H and O–H groups in total. The lowest BCUT2D eigenvalue weighted by Gasteiger charge is -2.33. The van der Waals surface area contributed by atoms with Crippen molar-refractivity contribution in [2.75, 3.05) is 17.1 Å². The van der Waals surface area contributed by atoms with Gasteiger partial charge in [0.05, 0.1) is 11.9 Å². The Morgan fingerprint density at radius 1 is 1.00 bits per heavy atom. The van der Waals surface area contributed by atoms with Crippen LogP contribution in [0.2, 0.25) is 15.1 Å². The van der Waals surface area contributed by atoms with E-state index >= 15 is 0 Å². The van der Waals surface area contributed by atoms with Crippen LogP contribution in [0.5, 0.6) is 0 Å². The van der Waals surface area contributed by atoms with Crippen molar-refractivity contribution in [1.82, 2.24) is 10.2 Å². The lowest BCUT2D eigenvalue weighted by Crippen LogP contribution is -2.53. The van der Waals surface area contributed by atoms with E-state index in [9.17, 15) is 18.0 Å². The SMILES string of the molecule is CC[C@@H](C)NC(=O)[C@H](CC)N(Cc1ccccc1Cl)C(=O)CN(c1cc(Cl)cc(Cl)c1)S(C)(=O)=O. The summed E-state index contributed by atoms with van der Waals surface area (Å²) in [6.07, 6.45) is 2.03. The summed E-state index contributed by atoms with van der Waals surface area (Å²) in [5.74, 6) is -0.892. The second kappa shape index (κ2) is 12.8. The summed E-state index contributed by atoms with van der Waals surface area (Å²) in [6, 6.07) is 10.3. The Bertz CT molecular complexity index is 1140. The van der Waals surface area contributed by atoms with Crippen molar-refractivity contribution < 1.29 is 18.0 Å². The fourth-order valence-corrected chi connectivity index (χ4v) is 5.01. The standard InChI is InChI=1S/C24H30Cl3N3O4S/c1-5-16(3)28-24(32)22(6-2)29(14-17-9-7-8-10-21(17)27)23(31)15-30(35(4,33)34)20-12-18(25)11-19(26)13-20/h7-13,16,22H,5-6,14-15H2,1-4H3,(H,28,32)/t16-,22+/m1/s1. The van der Waals surface area contributed by atoms with Crippen molar-refractivity contribution >= 4 is 62.3 Å². The molecule has 11 heteroatoms. The molecule has 0 spiro atoms. The van der Waals surface area contributed by atoms with Crippen LogP contribution in [0, 0.1) is 0 Å². The number of hydrogen-bond acceptors (Lipinski definition) is 4. The van der Waals surface area contributed by atoms with Crippen LogP contribution in [0.4, 0.5) is 5.69 Å². The van der Waals surface area contributed by atoms with E-state index in [4.69, 9.17) is 34.8 Å². The van der Waals surface area contributed by atoms with Crippen LogP contribution in [0.15, 0.2) is 42.5 Å². The third-order valence-corrected chi connectivity index (χ3v) is 7.45. The number of rotatable bonds is 11. The van der Waals surface area contributed by atoms with Gasteiger partial charge in [-0.1, -0.05) is 66.8 Å². The molecule has 0 aliphatic heterocycles. The summed E-state index contributed by atoms with van der Waals surface area (Å²) < 4.78 is 26.2. The van der Waals surface area contributed by atoms with Crippen LogP contribution in [0.3, 0.4) is 0 Å². The molecule has 0 saturated carbocycles. The largest absolute Gasteiger partial charge is 0.352 e. The highest BCUT2D eigenvalue weighted by Crippen LogP contribution is 2.28.